The van der Waals surface area contributed by atoms with Crippen molar-refractivity contribution in [3.63, 3.8) is 0 Å². The first-order chi connectivity index (χ1) is 8.04. The van der Waals surface area contributed by atoms with Crippen LogP contribution in [0.5, 0.6) is 0 Å². The maximum Gasteiger partial charge on any atom is 0.119 e. The third-order valence-electron chi connectivity index (χ3n) is 2.84. The van der Waals surface area contributed by atoms with Crippen molar-refractivity contribution in [1.82, 2.24) is 14.7 Å². The summed E-state index contributed by atoms with van der Waals surface area (Å²) in [6.07, 6.45) is 2.10. The second-order valence-electron chi connectivity index (χ2n) is 5.37. The molecule has 2 aromatic rings. The van der Waals surface area contributed by atoms with Gasteiger partial charge in [-0.2, -0.15) is 0 Å². The third-order valence-corrected chi connectivity index (χ3v) is 2.84. The van der Waals surface area contributed by atoms with Crippen LogP contribution in [0.4, 0.5) is 0 Å². The Hall–Kier alpha value is -1.35. The molecule has 0 spiro atoms. The van der Waals surface area contributed by atoms with Gasteiger partial charge in [0.25, 0.3) is 0 Å². The fourth-order valence-electron chi connectivity index (χ4n) is 2.00. The molecule has 3 heteroatoms. The molecule has 0 unspecified atom stereocenters. The van der Waals surface area contributed by atoms with Crippen molar-refractivity contribution in [3.8, 4) is 0 Å². The van der Waals surface area contributed by atoms with Crippen molar-refractivity contribution in [1.29, 1.82) is 0 Å². The Labute approximate surface area is 103 Å². The third kappa shape index (κ3) is 2.34. The lowest BCUT2D eigenvalue weighted by atomic mass is 9.96. The number of pyridine rings is 1. The summed E-state index contributed by atoms with van der Waals surface area (Å²) in [6.45, 7) is 10.5. The highest BCUT2D eigenvalue weighted by atomic mass is 15.1. The number of imidazole rings is 1. The number of nitrogens with zero attached hydrogens (tertiary/aromatic N) is 2. The van der Waals surface area contributed by atoms with Crippen molar-refractivity contribution in [2.75, 3.05) is 6.54 Å². The molecule has 3 nitrogen and oxygen atoms in total. The van der Waals surface area contributed by atoms with Crippen LogP contribution in [0, 0.1) is 0 Å². The number of rotatable bonds is 3. The average Bonchev–Trinajstić information content (AvgIpc) is 2.65. The van der Waals surface area contributed by atoms with Crippen molar-refractivity contribution in [2.24, 2.45) is 0 Å². The molecule has 0 aliphatic rings. The zero-order chi connectivity index (χ0) is 12.5. The Balaban J connectivity index is 2.55. The van der Waals surface area contributed by atoms with Gasteiger partial charge in [0, 0.05) is 18.2 Å². The van der Waals surface area contributed by atoms with Gasteiger partial charge in [0.1, 0.15) is 5.82 Å². The minimum Gasteiger partial charge on any atom is -0.311 e. The minimum atomic E-state index is 0.0642. The maximum atomic E-state index is 4.80. The van der Waals surface area contributed by atoms with Gasteiger partial charge < -0.3 is 9.72 Å². The van der Waals surface area contributed by atoms with Gasteiger partial charge in [0.05, 0.1) is 11.2 Å². The van der Waals surface area contributed by atoms with Crippen LogP contribution in [0.3, 0.4) is 0 Å². The van der Waals surface area contributed by atoms with Crippen molar-refractivity contribution >= 4 is 5.52 Å². The monoisotopic (exact) mass is 231 g/mol. The molecule has 0 saturated heterocycles. The van der Waals surface area contributed by atoms with E-state index in [2.05, 4.69) is 61.8 Å². The first-order valence-electron chi connectivity index (χ1n) is 6.21. The molecular weight excluding hydrogens is 210 g/mol. The molecule has 2 aromatic heterocycles. The molecule has 0 aliphatic carbocycles. The SMILES string of the molecule is CCNCc1nc(C(C)(C)C)n2ccccc12. The van der Waals surface area contributed by atoms with Crippen LogP contribution in [0.15, 0.2) is 24.4 Å². The van der Waals surface area contributed by atoms with Gasteiger partial charge in [-0.1, -0.05) is 33.8 Å². The van der Waals surface area contributed by atoms with Crippen LogP contribution in [0.1, 0.15) is 39.2 Å². The van der Waals surface area contributed by atoms with Gasteiger partial charge in [-0.05, 0) is 18.7 Å². The predicted molar refractivity (Wildman–Crippen MR) is 71.3 cm³/mol. The number of aromatic nitrogens is 2. The molecular formula is C14H21N3. The van der Waals surface area contributed by atoms with Crippen molar-refractivity contribution in [2.45, 2.75) is 39.7 Å². The fourth-order valence-corrected chi connectivity index (χ4v) is 2.00. The molecule has 0 aliphatic heterocycles. The molecule has 0 fully saturated rings. The van der Waals surface area contributed by atoms with Crippen LogP contribution in [0.2, 0.25) is 0 Å². The molecule has 92 valence electrons. The van der Waals surface area contributed by atoms with Crippen LogP contribution in [-0.4, -0.2) is 15.9 Å². The fraction of sp³-hybridized carbons (Fsp3) is 0.500. The van der Waals surface area contributed by atoms with Crippen LogP contribution in [0.25, 0.3) is 5.52 Å². The zero-order valence-electron chi connectivity index (χ0n) is 11.1. The molecule has 17 heavy (non-hydrogen) atoms. The highest BCUT2D eigenvalue weighted by Crippen LogP contribution is 2.24. The summed E-state index contributed by atoms with van der Waals surface area (Å²) in [5, 5.41) is 3.35. The second-order valence-corrected chi connectivity index (χ2v) is 5.37. The highest BCUT2D eigenvalue weighted by Gasteiger charge is 2.21. The first-order valence-corrected chi connectivity index (χ1v) is 6.21. The van der Waals surface area contributed by atoms with Crippen LogP contribution in [-0.2, 0) is 12.0 Å². The van der Waals surface area contributed by atoms with Crippen LogP contribution >= 0.6 is 0 Å². The summed E-state index contributed by atoms with van der Waals surface area (Å²) in [7, 11) is 0. The average molecular weight is 231 g/mol. The lowest BCUT2D eigenvalue weighted by molar-refractivity contribution is 0.540. The maximum absolute atomic E-state index is 4.80. The van der Waals surface area contributed by atoms with E-state index in [9.17, 15) is 0 Å². The highest BCUT2D eigenvalue weighted by molar-refractivity contribution is 5.53. The normalized spacial score (nSPS) is 12.2. The Bertz CT molecular complexity index is 506. The molecule has 2 heterocycles. The molecule has 0 saturated carbocycles. The molecule has 2 rings (SSSR count). The van der Waals surface area contributed by atoms with E-state index in [0.717, 1.165) is 24.6 Å². The van der Waals surface area contributed by atoms with E-state index < -0.39 is 0 Å². The lowest BCUT2D eigenvalue weighted by Crippen LogP contribution is -2.16. The van der Waals surface area contributed by atoms with Gasteiger partial charge in [0.2, 0.25) is 0 Å². The van der Waals surface area contributed by atoms with E-state index in [0.29, 0.717) is 0 Å². The predicted octanol–water partition coefficient (Wildman–Crippen LogP) is 2.74. The molecule has 1 N–H and O–H groups in total. The molecule has 0 radical (unpaired) electrons. The van der Waals surface area contributed by atoms with Gasteiger partial charge >= 0.3 is 0 Å². The quantitative estimate of drug-likeness (QED) is 0.880. The number of fused-ring (bicyclic) bond motifs is 1. The van der Waals surface area contributed by atoms with Crippen LogP contribution < -0.4 is 5.32 Å². The van der Waals surface area contributed by atoms with E-state index >= 15 is 0 Å². The van der Waals surface area contributed by atoms with Gasteiger partial charge in [0.15, 0.2) is 0 Å². The molecule has 0 bridgehead atoms. The minimum absolute atomic E-state index is 0.0642. The summed E-state index contributed by atoms with van der Waals surface area (Å²) in [5.74, 6) is 1.13. The zero-order valence-corrected chi connectivity index (χ0v) is 11.1. The van der Waals surface area contributed by atoms with Gasteiger partial charge in [-0.3, -0.25) is 0 Å². The largest absolute Gasteiger partial charge is 0.311 e. The van der Waals surface area contributed by atoms with Crippen molar-refractivity contribution in [3.05, 3.63) is 35.9 Å². The first kappa shape index (κ1) is 12.1. The number of hydrogen-bond acceptors (Lipinski definition) is 2. The van der Waals surface area contributed by atoms with E-state index in [1.165, 1.54) is 5.52 Å². The number of hydrogen-bond donors (Lipinski definition) is 1. The summed E-state index contributed by atoms with van der Waals surface area (Å²) in [6, 6.07) is 6.26. The Morgan fingerprint density at radius 3 is 2.71 bits per heavy atom. The molecule has 0 amide bonds. The lowest BCUT2D eigenvalue weighted by Gasteiger charge is -2.16. The smallest absolute Gasteiger partial charge is 0.119 e. The van der Waals surface area contributed by atoms with E-state index in [1.807, 2.05) is 0 Å². The molecule has 0 aromatic carbocycles. The van der Waals surface area contributed by atoms with Gasteiger partial charge in [-0.15, -0.1) is 0 Å². The summed E-state index contributed by atoms with van der Waals surface area (Å²) < 4.78 is 2.20. The second kappa shape index (κ2) is 4.49. The molecule has 0 atom stereocenters. The Kier molecular flexibility index (Phi) is 3.20. The van der Waals surface area contributed by atoms with E-state index in [4.69, 9.17) is 4.98 Å². The Morgan fingerprint density at radius 1 is 1.29 bits per heavy atom. The summed E-state index contributed by atoms with van der Waals surface area (Å²) >= 11 is 0. The van der Waals surface area contributed by atoms with E-state index in [1.54, 1.807) is 0 Å². The van der Waals surface area contributed by atoms with Crippen molar-refractivity contribution < 1.29 is 0 Å². The Morgan fingerprint density at radius 2 is 2.06 bits per heavy atom. The summed E-state index contributed by atoms with van der Waals surface area (Å²) in [5.41, 5.74) is 2.41. The standard InChI is InChI=1S/C14H21N3/c1-5-15-10-11-12-8-6-7-9-17(12)13(16-11)14(2,3)4/h6-9,15H,5,10H2,1-4H3. The topological polar surface area (TPSA) is 29.3 Å². The van der Waals surface area contributed by atoms with Gasteiger partial charge in [-0.25, -0.2) is 4.98 Å². The number of nitrogens with one attached hydrogen (secondary N) is 1. The van der Waals surface area contributed by atoms with E-state index in [-0.39, 0.29) is 5.41 Å². The summed E-state index contributed by atoms with van der Waals surface area (Å²) in [4.78, 5) is 4.80.